The topological polar surface area (TPSA) is 39.4 Å². The van der Waals surface area contributed by atoms with E-state index >= 15 is 0 Å². The Morgan fingerprint density at radius 2 is 1.87 bits per heavy atom. The third kappa shape index (κ3) is 4.14. The molecular weight excluding hydrogens is 416 g/mol. The lowest BCUT2D eigenvalue weighted by molar-refractivity contribution is 0.231. The van der Waals surface area contributed by atoms with Crippen molar-refractivity contribution in [2.75, 3.05) is 6.61 Å². The number of nitrogens with zero attached hydrogens (tertiary/aromatic N) is 3. The SMILES string of the molecule is Fc1ccc(CC2(Cn3ccnc3)COC(c3ccc(-c4ccsc4)cc3)=N2)c(F)c1. The normalized spacial score (nSPS) is 18.1. The third-order valence-corrected chi connectivity index (χ3v) is 6.06. The van der Waals surface area contributed by atoms with E-state index in [1.165, 1.54) is 17.7 Å². The average Bonchev–Trinajstić information content (AvgIpc) is 3.53. The van der Waals surface area contributed by atoms with E-state index in [1.54, 1.807) is 23.9 Å². The van der Waals surface area contributed by atoms with Gasteiger partial charge in [0.2, 0.25) is 5.90 Å². The van der Waals surface area contributed by atoms with Crippen LogP contribution in [0.2, 0.25) is 0 Å². The van der Waals surface area contributed by atoms with Gasteiger partial charge in [-0.2, -0.15) is 11.3 Å². The molecule has 5 rings (SSSR count). The van der Waals surface area contributed by atoms with Gasteiger partial charge in [0.25, 0.3) is 0 Å². The van der Waals surface area contributed by atoms with Gasteiger partial charge in [0.05, 0.1) is 12.9 Å². The summed E-state index contributed by atoms with van der Waals surface area (Å²) in [6.45, 7) is 0.768. The number of aliphatic imine (C=N–C) groups is 1. The highest BCUT2D eigenvalue weighted by Gasteiger charge is 2.38. The van der Waals surface area contributed by atoms with E-state index < -0.39 is 17.2 Å². The minimum absolute atomic E-state index is 0.285. The van der Waals surface area contributed by atoms with Crippen molar-refractivity contribution in [1.82, 2.24) is 9.55 Å². The molecule has 2 aromatic heterocycles. The number of ether oxygens (including phenoxy) is 1. The lowest BCUT2D eigenvalue weighted by Gasteiger charge is -2.25. The number of halogens is 2. The third-order valence-electron chi connectivity index (χ3n) is 5.37. The smallest absolute Gasteiger partial charge is 0.216 e. The van der Waals surface area contributed by atoms with Crippen molar-refractivity contribution >= 4 is 17.2 Å². The summed E-state index contributed by atoms with van der Waals surface area (Å²) in [7, 11) is 0. The maximum Gasteiger partial charge on any atom is 0.216 e. The Bertz CT molecular complexity index is 1200. The van der Waals surface area contributed by atoms with Crippen molar-refractivity contribution < 1.29 is 13.5 Å². The number of hydrogen-bond acceptors (Lipinski definition) is 4. The highest BCUT2D eigenvalue weighted by Crippen LogP contribution is 2.30. The Morgan fingerprint density at radius 3 is 2.58 bits per heavy atom. The van der Waals surface area contributed by atoms with E-state index in [4.69, 9.17) is 9.73 Å². The van der Waals surface area contributed by atoms with Crippen LogP contribution in [0.15, 0.2) is 83.0 Å². The van der Waals surface area contributed by atoms with Crippen molar-refractivity contribution in [3.05, 3.63) is 101 Å². The molecule has 0 saturated heterocycles. The summed E-state index contributed by atoms with van der Waals surface area (Å²) in [4.78, 5) is 9.00. The summed E-state index contributed by atoms with van der Waals surface area (Å²) in [6.07, 6.45) is 5.52. The maximum atomic E-state index is 14.4. The fourth-order valence-electron chi connectivity index (χ4n) is 3.83. The summed E-state index contributed by atoms with van der Waals surface area (Å²) in [5.74, 6) is -0.643. The van der Waals surface area contributed by atoms with Crippen LogP contribution in [0.3, 0.4) is 0 Å². The zero-order valence-corrected chi connectivity index (χ0v) is 17.4. The summed E-state index contributed by atoms with van der Waals surface area (Å²) in [5, 5.41) is 4.15. The van der Waals surface area contributed by atoms with Crippen LogP contribution in [-0.2, 0) is 17.7 Å². The molecule has 0 spiro atoms. The number of imidazole rings is 1. The fraction of sp³-hybridized carbons (Fsp3) is 0.167. The van der Waals surface area contributed by atoms with Gasteiger partial charge in [-0.15, -0.1) is 0 Å². The van der Waals surface area contributed by atoms with Gasteiger partial charge < -0.3 is 9.30 Å². The van der Waals surface area contributed by atoms with Gasteiger partial charge in [0.1, 0.15) is 23.8 Å². The van der Waals surface area contributed by atoms with Gasteiger partial charge in [-0.1, -0.05) is 18.2 Å². The van der Waals surface area contributed by atoms with Crippen LogP contribution in [0.25, 0.3) is 11.1 Å². The summed E-state index contributed by atoms with van der Waals surface area (Å²) in [5.41, 5.74) is 2.85. The molecule has 0 aliphatic carbocycles. The van der Waals surface area contributed by atoms with Gasteiger partial charge in [-0.25, -0.2) is 18.8 Å². The van der Waals surface area contributed by atoms with Gasteiger partial charge in [0, 0.05) is 30.4 Å². The van der Waals surface area contributed by atoms with E-state index in [-0.39, 0.29) is 6.42 Å². The molecule has 1 unspecified atom stereocenters. The van der Waals surface area contributed by atoms with Crippen molar-refractivity contribution in [2.45, 2.75) is 18.5 Å². The minimum Gasteiger partial charge on any atom is -0.475 e. The summed E-state index contributed by atoms with van der Waals surface area (Å²) >= 11 is 1.66. The second kappa shape index (κ2) is 8.07. The predicted molar refractivity (Wildman–Crippen MR) is 117 cm³/mol. The Balaban J connectivity index is 1.46. The highest BCUT2D eigenvalue weighted by atomic mass is 32.1. The van der Waals surface area contributed by atoms with Crippen LogP contribution in [0.1, 0.15) is 11.1 Å². The molecule has 0 radical (unpaired) electrons. The molecule has 0 saturated carbocycles. The van der Waals surface area contributed by atoms with Crippen LogP contribution < -0.4 is 0 Å². The number of rotatable bonds is 6. The van der Waals surface area contributed by atoms with Crippen molar-refractivity contribution in [3.8, 4) is 11.1 Å². The van der Waals surface area contributed by atoms with E-state index in [0.717, 1.165) is 17.2 Å². The number of hydrogen-bond donors (Lipinski definition) is 0. The maximum absolute atomic E-state index is 14.4. The molecule has 7 heteroatoms. The molecule has 4 nitrogen and oxygen atoms in total. The van der Waals surface area contributed by atoms with E-state index in [9.17, 15) is 8.78 Å². The van der Waals surface area contributed by atoms with E-state index in [1.807, 2.05) is 40.4 Å². The van der Waals surface area contributed by atoms with Crippen LogP contribution >= 0.6 is 11.3 Å². The summed E-state index contributed by atoms with van der Waals surface area (Å²) < 4.78 is 35.7. The molecule has 0 fully saturated rings. The van der Waals surface area contributed by atoms with Gasteiger partial charge in [-0.05, 0) is 51.7 Å². The molecule has 1 aliphatic heterocycles. The quantitative estimate of drug-likeness (QED) is 0.410. The molecule has 0 amide bonds. The van der Waals surface area contributed by atoms with Crippen molar-refractivity contribution in [1.29, 1.82) is 0 Å². The lowest BCUT2D eigenvalue weighted by atomic mass is 9.92. The first-order valence-corrected chi connectivity index (χ1v) is 10.8. The Kier molecular flexibility index (Phi) is 5.11. The highest BCUT2D eigenvalue weighted by molar-refractivity contribution is 7.08. The molecule has 0 bridgehead atoms. The first-order chi connectivity index (χ1) is 15.1. The molecule has 3 heterocycles. The van der Waals surface area contributed by atoms with Crippen LogP contribution in [0.5, 0.6) is 0 Å². The van der Waals surface area contributed by atoms with Gasteiger partial charge >= 0.3 is 0 Å². The monoisotopic (exact) mass is 435 g/mol. The minimum atomic E-state index is -0.721. The Hall–Kier alpha value is -3.32. The number of aromatic nitrogens is 2. The first kappa shape index (κ1) is 19.6. The van der Waals surface area contributed by atoms with Gasteiger partial charge in [-0.3, -0.25) is 0 Å². The van der Waals surface area contributed by atoms with Gasteiger partial charge in [0.15, 0.2) is 0 Å². The second-order valence-corrected chi connectivity index (χ2v) is 8.45. The molecule has 1 atom stereocenters. The van der Waals surface area contributed by atoms with E-state index in [0.29, 0.717) is 24.6 Å². The molecule has 4 aromatic rings. The zero-order chi connectivity index (χ0) is 21.3. The second-order valence-electron chi connectivity index (χ2n) is 7.67. The largest absolute Gasteiger partial charge is 0.475 e. The lowest BCUT2D eigenvalue weighted by Crippen LogP contribution is -2.36. The van der Waals surface area contributed by atoms with Crippen LogP contribution in [-0.4, -0.2) is 27.6 Å². The number of benzene rings is 2. The van der Waals surface area contributed by atoms with Crippen molar-refractivity contribution in [2.24, 2.45) is 4.99 Å². The van der Waals surface area contributed by atoms with E-state index in [2.05, 4.69) is 16.4 Å². The van der Waals surface area contributed by atoms with Crippen molar-refractivity contribution in [3.63, 3.8) is 0 Å². The predicted octanol–water partition coefficient (Wildman–Crippen LogP) is 5.35. The van der Waals surface area contributed by atoms with Crippen LogP contribution in [0, 0.1) is 11.6 Å². The average molecular weight is 435 g/mol. The molecule has 156 valence electrons. The Labute approximate surface area is 182 Å². The Morgan fingerprint density at radius 1 is 1.03 bits per heavy atom. The molecular formula is C24H19F2N3OS. The molecule has 31 heavy (non-hydrogen) atoms. The first-order valence-electron chi connectivity index (χ1n) is 9.86. The van der Waals surface area contributed by atoms with Crippen LogP contribution in [0.4, 0.5) is 8.78 Å². The standard InChI is InChI=1S/C24H19F2N3OS/c25-21-6-5-19(22(26)11-21)12-24(14-29-9-8-27-16-29)15-30-23(28-24)18-3-1-17(2-4-18)20-7-10-31-13-20/h1-11,13,16H,12,14-15H2. The molecule has 0 N–H and O–H groups in total. The number of thiophene rings is 1. The zero-order valence-electron chi connectivity index (χ0n) is 16.5. The molecule has 2 aromatic carbocycles. The fourth-order valence-corrected chi connectivity index (χ4v) is 4.50. The molecule has 1 aliphatic rings. The summed E-state index contributed by atoms with van der Waals surface area (Å²) in [6, 6.07) is 13.8.